The maximum absolute atomic E-state index is 14.8. The average molecular weight is 835 g/mol. The maximum Gasteiger partial charge on any atom is 0.408 e. The van der Waals surface area contributed by atoms with Crippen molar-refractivity contribution in [2.45, 2.75) is 147 Å². The molecule has 3 N–H and O–H groups in total. The topological polar surface area (TPSA) is 195 Å². The molecule has 320 valence electrons. The van der Waals surface area contributed by atoms with Gasteiger partial charge in [-0.15, -0.1) is 0 Å². The Morgan fingerprint density at radius 1 is 1.05 bits per heavy atom. The Kier molecular flexibility index (Phi) is 12.7. The summed E-state index contributed by atoms with van der Waals surface area (Å²) in [6.07, 6.45) is 0.716. The van der Waals surface area contributed by atoms with E-state index >= 15 is 0 Å². The summed E-state index contributed by atoms with van der Waals surface area (Å²) in [6.45, 7) is 8.62. The van der Waals surface area contributed by atoms with Crippen LogP contribution in [0.5, 0.6) is 11.6 Å². The Morgan fingerprint density at radius 2 is 1.76 bits per heavy atom. The quantitative estimate of drug-likeness (QED) is 0.331. The number of fused-ring (bicyclic) bond motifs is 4. The normalized spacial score (nSPS) is 28.9. The lowest BCUT2D eigenvalue weighted by Gasteiger charge is -2.36. The Hall–Kier alpha value is -4.35. The summed E-state index contributed by atoms with van der Waals surface area (Å²) in [5.74, 6) is -4.53. The van der Waals surface area contributed by atoms with Crippen LogP contribution in [0.25, 0.3) is 11.0 Å². The van der Waals surface area contributed by atoms with Gasteiger partial charge in [0.15, 0.2) is 0 Å². The molecule has 2 aliphatic heterocycles. The van der Waals surface area contributed by atoms with Crippen molar-refractivity contribution in [3.63, 3.8) is 0 Å². The lowest BCUT2D eigenvalue weighted by molar-refractivity contribution is -0.144. The monoisotopic (exact) mass is 834 g/mol. The number of methoxy groups -OCH3 is 1. The predicted octanol–water partition coefficient (Wildman–Crippen LogP) is 4.80. The van der Waals surface area contributed by atoms with Crippen molar-refractivity contribution in [1.29, 1.82) is 0 Å². The van der Waals surface area contributed by atoms with Gasteiger partial charge in [-0.05, 0) is 75.8 Å². The number of alkyl carbamates (subject to hydrolysis) is 1. The highest BCUT2D eigenvalue weighted by atomic mass is 32.2. The van der Waals surface area contributed by atoms with Gasteiger partial charge in [0.2, 0.25) is 34.1 Å². The number of carbonyl (C=O) groups excluding carboxylic acids is 4. The number of benzene rings is 1. The second kappa shape index (κ2) is 17.1. The summed E-state index contributed by atoms with van der Waals surface area (Å²) >= 11 is 0. The van der Waals surface area contributed by atoms with Crippen LogP contribution >= 0.6 is 0 Å². The molecule has 3 heterocycles. The van der Waals surface area contributed by atoms with Crippen molar-refractivity contribution in [2.75, 3.05) is 13.7 Å². The molecule has 1 aromatic heterocycles. The first-order valence-electron chi connectivity index (χ1n) is 20.3. The van der Waals surface area contributed by atoms with E-state index in [2.05, 4.69) is 10.6 Å². The fourth-order valence-corrected chi connectivity index (χ4v) is 9.49. The number of sulfonamides is 1. The molecule has 2 saturated carbocycles. The van der Waals surface area contributed by atoms with Crippen molar-refractivity contribution >= 4 is 44.9 Å². The van der Waals surface area contributed by atoms with Gasteiger partial charge < -0.3 is 29.7 Å². The largest absolute Gasteiger partial charge is 0.497 e. The van der Waals surface area contributed by atoms with Crippen LogP contribution in [0.3, 0.4) is 0 Å². The molecule has 7 atom stereocenters. The van der Waals surface area contributed by atoms with Crippen LogP contribution in [0.4, 0.5) is 13.6 Å². The number of alkyl halides is 2. The number of carbonyl (C=O) groups is 4. The van der Waals surface area contributed by atoms with E-state index in [0.29, 0.717) is 48.2 Å². The zero-order valence-corrected chi connectivity index (χ0v) is 34.8. The number of rotatable bonds is 8. The number of nitrogens with zero attached hydrogens (tertiary/aromatic N) is 3. The number of hydrogen-bond acceptors (Lipinski definition) is 11. The fraction of sp³-hybridized carbons (Fsp3) is 0.700. The van der Waals surface area contributed by atoms with Crippen LogP contribution in [0.15, 0.2) is 18.2 Å². The highest BCUT2D eigenvalue weighted by molar-refractivity contribution is 7.91. The maximum atomic E-state index is 14.8. The molecule has 0 unspecified atom stereocenters. The number of cyclic esters (lactones) is 1. The number of nitrogens with one attached hydrogen (secondary N) is 3. The number of aryl methyl sites for hydroxylation is 1. The summed E-state index contributed by atoms with van der Waals surface area (Å²) < 4.78 is 73.8. The predicted molar refractivity (Wildman–Crippen MR) is 209 cm³/mol. The molecule has 4 aliphatic rings. The van der Waals surface area contributed by atoms with Gasteiger partial charge in [-0.1, -0.05) is 47.0 Å². The van der Waals surface area contributed by atoms with Crippen molar-refractivity contribution < 1.29 is 50.6 Å². The molecule has 15 nitrogen and oxygen atoms in total. The lowest BCUT2D eigenvalue weighted by atomic mass is 9.85. The minimum atomic E-state index is -4.15. The molecule has 0 radical (unpaired) electrons. The molecule has 2 aliphatic carbocycles. The van der Waals surface area contributed by atoms with Gasteiger partial charge in [0, 0.05) is 12.0 Å². The third kappa shape index (κ3) is 9.41. The molecule has 1 saturated heterocycles. The van der Waals surface area contributed by atoms with E-state index in [9.17, 15) is 36.4 Å². The van der Waals surface area contributed by atoms with Gasteiger partial charge in [-0.2, -0.15) is 0 Å². The summed E-state index contributed by atoms with van der Waals surface area (Å²) in [5.41, 5.74) is -1.44. The first kappa shape index (κ1) is 43.2. The van der Waals surface area contributed by atoms with Gasteiger partial charge in [0.05, 0.1) is 35.9 Å². The Bertz CT molecular complexity index is 1990. The third-order valence-corrected chi connectivity index (χ3v) is 13.6. The van der Waals surface area contributed by atoms with Gasteiger partial charge >= 0.3 is 6.09 Å². The van der Waals surface area contributed by atoms with Crippen LogP contribution in [-0.2, 0) is 35.6 Å². The van der Waals surface area contributed by atoms with Crippen LogP contribution < -0.4 is 24.8 Å². The molecule has 2 bridgehead atoms. The zero-order chi connectivity index (χ0) is 42.2. The number of hydrogen-bond donors (Lipinski definition) is 3. The summed E-state index contributed by atoms with van der Waals surface area (Å²) in [4.78, 5) is 67.4. The zero-order valence-electron chi connectivity index (χ0n) is 34.0. The molecular weight excluding hydrogens is 779 g/mol. The third-order valence-electron chi connectivity index (χ3n) is 11.8. The Morgan fingerprint density at radius 3 is 2.40 bits per heavy atom. The summed E-state index contributed by atoms with van der Waals surface area (Å²) in [6, 6.07) is 2.70. The molecule has 6 rings (SSSR count). The second-order valence-corrected chi connectivity index (χ2v) is 19.2. The minimum absolute atomic E-state index is 0.181. The van der Waals surface area contributed by atoms with Crippen molar-refractivity contribution in [2.24, 2.45) is 17.3 Å². The highest BCUT2D eigenvalue weighted by Gasteiger charge is 2.67. The molecular formula is C40H56F2N6O9S. The Balaban J connectivity index is 1.40. The number of ether oxygens (including phenoxy) is 3. The Labute approximate surface area is 338 Å². The molecule has 1 aromatic carbocycles. The molecule has 2 aromatic rings. The standard InChI is InChI=1S/C40H56F2N6O9S/c1-7-25-30-21-48(31(25)34(49)46-40(20-26(40)33(41)42)37(51)47-58(53,54)24-16-17-24)36(50)32(39(3,4)5)45-38(52)56-22(2)13-11-9-8-10-12-14-28-35(57-30)44-29-19-23(55-6)15-18-27(29)43-28/h15,18-19,22,24-26,30-33H,7-14,16-17,20-21H2,1-6H3,(H,45,52)(H,46,49)(H,47,51)/t22-,25-,26+,30+,31+,32-,40-/m1/s1. The molecule has 0 spiro atoms. The summed E-state index contributed by atoms with van der Waals surface area (Å²) in [7, 11) is -2.61. The van der Waals surface area contributed by atoms with Gasteiger partial charge in [0.1, 0.15) is 41.3 Å². The smallest absolute Gasteiger partial charge is 0.408 e. The van der Waals surface area contributed by atoms with E-state index < -0.39 is 99.0 Å². The van der Waals surface area contributed by atoms with Gasteiger partial charge in [-0.25, -0.2) is 32.0 Å². The molecule has 58 heavy (non-hydrogen) atoms. The number of aromatic nitrogens is 2. The SMILES string of the molecule is CC[C@@H]1[C@@H]2CN(C(=O)[C@H](C(C)(C)C)NC(=O)O[C@H](C)CCCCCCCc3nc4ccc(OC)cc4nc3O2)[C@@H]1C(=O)N[C@]1(C(=O)NS(=O)(=O)C2CC2)C[C@H]1C(F)F. The first-order chi connectivity index (χ1) is 27.4. The van der Waals surface area contributed by atoms with Crippen molar-refractivity contribution in [1.82, 2.24) is 30.2 Å². The summed E-state index contributed by atoms with van der Waals surface area (Å²) in [5, 5.41) is 4.41. The van der Waals surface area contributed by atoms with Crippen molar-refractivity contribution in [3.05, 3.63) is 23.9 Å². The van der Waals surface area contributed by atoms with Crippen LogP contribution in [0.1, 0.15) is 105 Å². The molecule has 18 heteroatoms. The van der Waals surface area contributed by atoms with Gasteiger partial charge in [-0.3, -0.25) is 19.1 Å². The number of amides is 4. The molecule has 4 amide bonds. The van der Waals surface area contributed by atoms with Gasteiger partial charge in [0.25, 0.3) is 5.91 Å². The average Bonchev–Trinajstić information content (AvgIpc) is 4.09. The van der Waals surface area contributed by atoms with E-state index in [4.69, 9.17) is 24.2 Å². The van der Waals surface area contributed by atoms with E-state index in [-0.39, 0.29) is 18.8 Å². The van der Waals surface area contributed by atoms with Crippen LogP contribution in [0, 0.1) is 17.3 Å². The minimum Gasteiger partial charge on any atom is -0.497 e. The van der Waals surface area contributed by atoms with Crippen LogP contribution in [-0.4, -0.2) is 102 Å². The van der Waals surface area contributed by atoms with E-state index in [1.807, 2.05) is 4.72 Å². The van der Waals surface area contributed by atoms with E-state index in [0.717, 1.165) is 32.1 Å². The van der Waals surface area contributed by atoms with Crippen LogP contribution in [0.2, 0.25) is 0 Å². The van der Waals surface area contributed by atoms with Crippen molar-refractivity contribution in [3.8, 4) is 11.6 Å². The van der Waals surface area contributed by atoms with E-state index in [1.54, 1.807) is 52.8 Å². The second-order valence-electron chi connectivity index (χ2n) is 17.2. The molecule has 3 fully saturated rings. The first-order valence-corrected chi connectivity index (χ1v) is 21.9. The highest BCUT2D eigenvalue weighted by Crippen LogP contribution is 2.49. The lowest BCUT2D eigenvalue weighted by Crippen LogP contribution is -2.61. The number of halogens is 2. The van der Waals surface area contributed by atoms with E-state index in [1.165, 1.54) is 12.0 Å². The fourth-order valence-electron chi connectivity index (χ4n) is 8.13.